The van der Waals surface area contributed by atoms with Crippen LogP contribution in [0.5, 0.6) is 5.75 Å². The number of anilines is 1. The summed E-state index contributed by atoms with van der Waals surface area (Å²) in [6, 6.07) is 7.42. The summed E-state index contributed by atoms with van der Waals surface area (Å²) in [4.78, 5) is 13.7. The summed E-state index contributed by atoms with van der Waals surface area (Å²) in [5.41, 5.74) is -2.33. The van der Waals surface area contributed by atoms with Gasteiger partial charge in [0.1, 0.15) is 11.6 Å². The van der Waals surface area contributed by atoms with Gasteiger partial charge >= 0.3 is 6.36 Å². The quantitative estimate of drug-likeness (QED) is 0.231. The minimum Gasteiger partial charge on any atom is -0.406 e. The van der Waals surface area contributed by atoms with E-state index in [0.29, 0.717) is 0 Å². The standard InChI is InChI=1S/C26H25F5NO4S/c1-5-25(28,6-2)18-10-11-22(21(27)14-18)32-13-12-17(15-23(32)33)24(3,4)37(34,35)20-9-7-8-19(16-20)36-26(29,30)31/h5-11,14,16-17H,1-3,12-13,15H2,4H3/q+1. The van der Waals surface area contributed by atoms with E-state index < -0.39 is 54.9 Å². The molecule has 1 aliphatic heterocycles. The third-order valence-electron chi connectivity index (χ3n) is 6.53. The van der Waals surface area contributed by atoms with Gasteiger partial charge in [-0.15, -0.1) is 13.2 Å². The Bertz CT molecular complexity index is 1310. The number of allylic oxidation sites excluding steroid dienone is 2. The number of piperidine rings is 1. The average Bonchev–Trinajstić information content (AvgIpc) is 2.82. The molecule has 2 aromatic carbocycles. The first-order chi connectivity index (χ1) is 17.1. The Morgan fingerprint density at radius 3 is 2.30 bits per heavy atom. The fourth-order valence-electron chi connectivity index (χ4n) is 4.22. The maximum absolute atomic E-state index is 14.9. The highest BCUT2D eigenvalue weighted by Crippen LogP contribution is 2.40. The highest BCUT2D eigenvalue weighted by atomic mass is 32.2. The van der Waals surface area contributed by atoms with Crippen molar-refractivity contribution >= 4 is 21.4 Å². The Labute approximate surface area is 212 Å². The fourth-order valence-corrected chi connectivity index (χ4v) is 5.93. The lowest BCUT2D eigenvalue weighted by Crippen LogP contribution is -2.49. The molecular weight excluding hydrogens is 517 g/mol. The number of ether oxygens (including phenoxy) is 1. The van der Waals surface area contributed by atoms with Crippen molar-refractivity contribution in [3.05, 3.63) is 86.1 Å². The minimum atomic E-state index is -5.01. The highest BCUT2D eigenvalue weighted by molar-refractivity contribution is 7.93. The van der Waals surface area contributed by atoms with Crippen molar-refractivity contribution in [3.8, 4) is 5.75 Å². The number of hydrogen-bond acceptors (Lipinski definition) is 4. The van der Waals surface area contributed by atoms with Crippen molar-refractivity contribution < 1.29 is 39.9 Å². The normalized spacial score (nSPS) is 18.7. The number of nitrogens with zero attached hydrogens (tertiary/aromatic N) is 1. The second-order valence-corrected chi connectivity index (χ2v) is 11.3. The second kappa shape index (κ2) is 9.85. The Morgan fingerprint density at radius 1 is 1.11 bits per heavy atom. The molecule has 198 valence electrons. The van der Waals surface area contributed by atoms with Crippen LogP contribution in [0.4, 0.5) is 27.6 Å². The van der Waals surface area contributed by atoms with Gasteiger partial charge in [0.25, 0.3) is 0 Å². The monoisotopic (exact) mass is 542 g/mol. The average molecular weight is 543 g/mol. The Morgan fingerprint density at radius 2 is 1.76 bits per heavy atom. The molecule has 0 spiro atoms. The van der Waals surface area contributed by atoms with E-state index in [1.807, 2.05) is 0 Å². The van der Waals surface area contributed by atoms with Crippen LogP contribution in [-0.4, -0.2) is 32.0 Å². The van der Waals surface area contributed by atoms with Gasteiger partial charge in [-0.2, -0.15) is 0 Å². The maximum atomic E-state index is 14.9. The third kappa shape index (κ3) is 5.51. The molecule has 1 aliphatic rings. The first-order valence-corrected chi connectivity index (χ1v) is 12.6. The summed E-state index contributed by atoms with van der Waals surface area (Å²) in [5, 5.41) is 0. The van der Waals surface area contributed by atoms with Gasteiger partial charge in [0.15, 0.2) is 5.67 Å². The van der Waals surface area contributed by atoms with Crippen LogP contribution in [0.2, 0.25) is 0 Å². The number of carbonyl (C=O) groups is 1. The molecule has 0 bridgehead atoms. The second-order valence-electron chi connectivity index (χ2n) is 8.92. The number of halogens is 5. The number of benzene rings is 2. The molecule has 0 saturated carbocycles. The molecule has 1 saturated heterocycles. The van der Waals surface area contributed by atoms with Crippen LogP contribution in [-0.2, 0) is 20.3 Å². The summed E-state index contributed by atoms with van der Waals surface area (Å²) in [6.45, 7) is 11.8. The molecule has 0 aromatic heterocycles. The van der Waals surface area contributed by atoms with Crippen molar-refractivity contribution in [2.45, 2.75) is 41.4 Å². The molecular formula is C26H25F5NO4S+. The van der Waals surface area contributed by atoms with Crippen LogP contribution in [0, 0.1) is 18.7 Å². The zero-order chi connectivity index (χ0) is 27.8. The molecule has 2 unspecified atom stereocenters. The van der Waals surface area contributed by atoms with Gasteiger partial charge in [-0.25, -0.2) is 17.2 Å². The largest absolute Gasteiger partial charge is 0.573 e. The number of hydrogen-bond donors (Lipinski definition) is 0. The van der Waals surface area contributed by atoms with Gasteiger partial charge in [0.05, 0.1) is 17.5 Å². The molecule has 1 amide bonds. The maximum Gasteiger partial charge on any atom is 0.573 e. The van der Waals surface area contributed by atoms with E-state index in [1.165, 1.54) is 19.1 Å². The lowest BCUT2D eigenvalue weighted by molar-refractivity contribution is -0.274. The van der Waals surface area contributed by atoms with E-state index in [0.717, 1.165) is 47.4 Å². The van der Waals surface area contributed by atoms with Crippen molar-refractivity contribution in [1.29, 1.82) is 0 Å². The number of sulfone groups is 1. The van der Waals surface area contributed by atoms with Crippen LogP contribution < -0.4 is 9.64 Å². The molecule has 0 aliphatic carbocycles. The lowest BCUT2D eigenvalue weighted by atomic mass is 9.85. The van der Waals surface area contributed by atoms with Crippen LogP contribution >= 0.6 is 0 Å². The molecule has 0 radical (unpaired) electrons. The number of rotatable bonds is 8. The Kier molecular flexibility index (Phi) is 7.51. The van der Waals surface area contributed by atoms with E-state index in [9.17, 15) is 35.2 Å². The molecule has 11 heteroatoms. The van der Waals surface area contributed by atoms with Gasteiger partial charge in [0.2, 0.25) is 20.5 Å². The van der Waals surface area contributed by atoms with Gasteiger partial charge < -0.3 is 9.64 Å². The van der Waals surface area contributed by atoms with E-state index in [-0.39, 0.29) is 30.6 Å². The lowest BCUT2D eigenvalue weighted by Gasteiger charge is -2.36. The SMILES string of the molecule is C=CC(F)(C=C)c1ccc(N2CCC(C([CH2+])(C)S(=O)(=O)c3cccc(OC(F)(F)F)c3)CC2=O)c(F)c1. The zero-order valence-corrected chi connectivity index (χ0v) is 20.7. The molecule has 1 heterocycles. The van der Waals surface area contributed by atoms with Crippen LogP contribution in [0.3, 0.4) is 0 Å². The number of amides is 1. The van der Waals surface area contributed by atoms with Crippen molar-refractivity contribution in [3.63, 3.8) is 0 Å². The van der Waals surface area contributed by atoms with Crippen molar-refractivity contribution in [1.82, 2.24) is 0 Å². The summed E-state index contributed by atoms with van der Waals surface area (Å²) in [7, 11) is -4.32. The van der Waals surface area contributed by atoms with E-state index >= 15 is 0 Å². The first kappa shape index (κ1) is 28.2. The molecule has 2 atom stereocenters. The summed E-state index contributed by atoms with van der Waals surface area (Å²) in [6.07, 6.45) is -3.29. The summed E-state index contributed by atoms with van der Waals surface area (Å²) in [5.74, 6) is -2.97. The van der Waals surface area contributed by atoms with Gasteiger partial charge in [-0.3, -0.25) is 4.79 Å². The van der Waals surface area contributed by atoms with Crippen LogP contribution in [0.1, 0.15) is 25.3 Å². The molecule has 5 nitrogen and oxygen atoms in total. The third-order valence-corrected chi connectivity index (χ3v) is 8.96. The Balaban J connectivity index is 1.83. The number of carbonyl (C=O) groups excluding carboxylic acids is 1. The van der Waals surface area contributed by atoms with E-state index in [2.05, 4.69) is 24.8 Å². The first-order valence-electron chi connectivity index (χ1n) is 11.1. The van der Waals surface area contributed by atoms with Gasteiger partial charge in [-0.05, 0) is 61.4 Å². The predicted octanol–water partition coefficient (Wildman–Crippen LogP) is 6.07. The van der Waals surface area contributed by atoms with Crippen molar-refractivity contribution in [2.24, 2.45) is 5.92 Å². The minimum absolute atomic E-state index is 0.0543. The molecule has 37 heavy (non-hydrogen) atoms. The summed E-state index contributed by atoms with van der Waals surface area (Å²) < 4.78 is 96.0. The smallest absolute Gasteiger partial charge is 0.406 e. The van der Waals surface area contributed by atoms with Gasteiger partial charge in [-0.1, -0.05) is 25.3 Å². The predicted molar refractivity (Wildman–Crippen MR) is 129 cm³/mol. The summed E-state index contributed by atoms with van der Waals surface area (Å²) >= 11 is 0. The van der Waals surface area contributed by atoms with Gasteiger partial charge in [0, 0.05) is 18.9 Å². The molecule has 0 N–H and O–H groups in total. The van der Waals surface area contributed by atoms with Crippen molar-refractivity contribution in [2.75, 3.05) is 11.4 Å². The molecule has 2 aromatic rings. The molecule has 3 rings (SSSR count). The van der Waals surface area contributed by atoms with Crippen LogP contribution in [0.25, 0.3) is 0 Å². The van der Waals surface area contributed by atoms with E-state index in [4.69, 9.17) is 0 Å². The Hall–Kier alpha value is -3.34. The van der Waals surface area contributed by atoms with Crippen LogP contribution in [0.15, 0.2) is 72.7 Å². The van der Waals surface area contributed by atoms with E-state index in [1.54, 1.807) is 0 Å². The topological polar surface area (TPSA) is 63.7 Å². The number of alkyl halides is 4. The molecule has 1 fully saturated rings. The zero-order valence-electron chi connectivity index (χ0n) is 19.9. The fraction of sp³-hybridized carbons (Fsp3) is 0.308. The highest BCUT2D eigenvalue weighted by Gasteiger charge is 2.52.